The highest BCUT2D eigenvalue weighted by Gasteiger charge is 2.18. The van der Waals surface area contributed by atoms with Crippen LogP contribution in [-0.2, 0) is 0 Å². The number of nitrogens with one attached hydrogen (secondary N) is 1. The third-order valence-corrected chi connectivity index (χ3v) is 3.61. The summed E-state index contributed by atoms with van der Waals surface area (Å²) in [6.45, 7) is 2.93. The van der Waals surface area contributed by atoms with Crippen molar-refractivity contribution in [3.05, 3.63) is 23.9 Å². The molecule has 1 aromatic rings. The van der Waals surface area contributed by atoms with E-state index in [0.717, 1.165) is 25.3 Å². The summed E-state index contributed by atoms with van der Waals surface area (Å²) in [5, 5.41) is 3.41. The first kappa shape index (κ1) is 12.5. The zero-order valence-corrected chi connectivity index (χ0v) is 11.2. The summed E-state index contributed by atoms with van der Waals surface area (Å²) in [6, 6.07) is 3.92. The molecule has 2 aliphatic rings. The van der Waals surface area contributed by atoms with Crippen molar-refractivity contribution in [2.45, 2.75) is 25.7 Å². The smallest absolute Gasteiger partial charge is 0.229 e. The summed E-state index contributed by atoms with van der Waals surface area (Å²) in [5.41, 5.74) is 0.929. The molecular formula is C16H20N2O. The molecule has 1 saturated carbocycles. The van der Waals surface area contributed by atoms with Crippen molar-refractivity contribution in [1.29, 1.82) is 0 Å². The molecule has 1 N–H and O–H groups in total. The van der Waals surface area contributed by atoms with E-state index in [1.807, 2.05) is 12.1 Å². The van der Waals surface area contributed by atoms with Gasteiger partial charge in [-0.1, -0.05) is 11.8 Å². The van der Waals surface area contributed by atoms with Gasteiger partial charge in [0, 0.05) is 24.6 Å². The second-order valence-corrected chi connectivity index (χ2v) is 5.42. The van der Waals surface area contributed by atoms with Crippen LogP contribution < -0.4 is 10.1 Å². The zero-order valence-electron chi connectivity index (χ0n) is 11.2. The van der Waals surface area contributed by atoms with E-state index >= 15 is 0 Å². The number of aromatic nitrogens is 1. The first-order valence-electron chi connectivity index (χ1n) is 7.22. The van der Waals surface area contributed by atoms with Crippen LogP contribution in [0.2, 0.25) is 0 Å². The predicted molar refractivity (Wildman–Crippen MR) is 74.9 cm³/mol. The van der Waals surface area contributed by atoms with Gasteiger partial charge in [0.05, 0.1) is 12.2 Å². The van der Waals surface area contributed by atoms with Crippen molar-refractivity contribution >= 4 is 0 Å². The third-order valence-electron chi connectivity index (χ3n) is 3.61. The van der Waals surface area contributed by atoms with E-state index in [4.69, 9.17) is 4.74 Å². The topological polar surface area (TPSA) is 34.1 Å². The molecule has 3 rings (SSSR count). The Morgan fingerprint density at radius 3 is 3.11 bits per heavy atom. The summed E-state index contributed by atoms with van der Waals surface area (Å²) < 4.78 is 5.88. The maximum atomic E-state index is 5.88. The van der Waals surface area contributed by atoms with Gasteiger partial charge in [-0.3, -0.25) is 0 Å². The highest BCUT2D eigenvalue weighted by atomic mass is 16.5. The Morgan fingerprint density at radius 2 is 2.32 bits per heavy atom. The summed E-state index contributed by atoms with van der Waals surface area (Å²) in [4.78, 5) is 4.32. The van der Waals surface area contributed by atoms with Crippen LogP contribution in [0, 0.1) is 23.7 Å². The van der Waals surface area contributed by atoms with Gasteiger partial charge in [0.1, 0.15) is 0 Å². The van der Waals surface area contributed by atoms with Crippen molar-refractivity contribution in [1.82, 2.24) is 10.3 Å². The Bertz CT molecular complexity index is 479. The van der Waals surface area contributed by atoms with Gasteiger partial charge in [0.25, 0.3) is 0 Å². The molecule has 0 spiro atoms. The van der Waals surface area contributed by atoms with Crippen molar-refractivity contribution in [2.75, 3.05) is 19.7 Å². The molecule has 2 heterocycles. The number of hydrogen-bond donors (Lipinski definition) is 1. The first-order valence-corrected chi connectivity index (χ1v) is 7.22. The lowest BCUT2D eigenvalue weighted by Gasteiger charge is -2.22. The fraction of sp³-hybridized carbons (Fsp3) is 0.562. The molecular weight excluding hydrogens is 236 g/mol. The van der Waals surface area contributed by atoms with Gasteiger partial charge >= 0.3 is 0 Å². The minimum atomic E-state index is 0.597. The molecule has 2 fully saturated rings. The zero-order chi connectivity index (χ0) is 12.9. The Morgan fingerprint density at radius 1 is 1.37 bits per heavy atom. The third kappa shape index (κ3) is 3.71. The molecule has 0 aromatic carbocycles. The number of pyridine rings is 1. The number of rotatable bonds is 3. The van der Waals surface area contributed by atoms with Crippen molar-refractivity contribution in [3.8, 4) is 17.7 Å². The monoisotopic (exact) mass is 256 g/mol. The Labute approximate surface area is 114 Å². The SMILES string of the molecule is C(#CC1CC1)c1cccnc1OCC1CCCNC1. The second kappa shape index (κ2) is 6.08. The van der Waals surface area contributed by atoms with Crippen LogP contribution in [0.1, 0.15) is 31.2 Å². The normalized spacial score (nSPS) is 22.4. The van der Waals surface area contributed by atoms with Crippen LogP contribution >= 0.6 is 0 Å². The van der Waals surface area contributed by atoms with Crippen molar-refractivity contribution in [2.24, 2.45) is 11.8 Å². The molecule has 1 unspecified atom stereocenters. The minimum absolute atomic E-state index is 0.597. The van der Waals surface area contributed by atoms with E-state index in [0.29, 0.717) is 17.7 Å². The molecule has 0 bridgehead atoms. The lowest BCUT2D eigenvalue weighted by atomic mass is 10.0. The van der Waals surface area contributed by atoms with Crippen LogP contribution in [0.3, 0.4) is 0 Å². The quantitative estimate of drug-likeness (QED) is 0.842. The van der Waals surface area contributed by atoms with E-state index in [1.54, 1.807) is 6.20 Å². The van der Waals surface area contributed by atoms with Crippen LogP contribution in [0.15, 0.2) is 18.3 Å². The number of nitrogens with zero attached hydrogens (tertiary/aromatic N) is 1. The summed E-state index contributed by atoms with van der Waals surface area (Å²) in [7, 11) is 0. The fourth-order valence-corrected chi connectivity index (χ4v) is 2.27. The Kier molecular flexibility index (Phi) is 4.00. The van der Waals surface area contributed by atoms with Gasteiger partial charge in [-0.2, -0.15) is 0 Å². The largest absolute Gasteiger partial charge is 0.476 e. The highest BCUT2D eigenvalue weighted by Crippen LogP contribution is 2.28. The van der Waals surface area contributed by atoms with Crippen LogP contribution in [0.4, 0.5) is 0 Å². The maximum Gasteiger partial charge on any atom is 0.229 e. The molecule has 1 aliphatic heterocycles. The number of ether oxygens (including phenoxy) is 1. The Hall–Kier alpha value is -1.53. The predicted octanol–water partition coefficient (Wildman–Crippen LogP) is 2.22. The van der Waals surface area contributed by atoms with E-state index in [9.17, 15) is 0 Å². The lowest BCUT2D eigenvalue weighted by Crippen LogP contribution is -2.33. The van der Waals surface area contributed by atoms with Gasteiger partial charge in [0.15, 0.2) is 0 Å². The van der Waals surface area contributed by atoms with Crippen LogP contribution in [-0.4, -0.2) is 24.7 Å². The molecule has 0 amide bonds. The average Bonchev–Trinajstić information content (AvgIpc) is 3.29. The molecule has 0 radical (unpaired) electrons. The van der Waals surface area contributed by atoms with Crippen LogP contribution in [0.5, 0.6) is 5.88 Å². The molecule has 3 nitrogen and oxygen atoms in total. The standard InChI is InChI=1S/C16H20N2O/c1-3-14(11-17-9-1)12-19-16-15(4-2-10-18-16)8-7-13-5-6-13/h2,4,10,13-14,17H,1,3,5-6,9,11-12H2. The highest BCUT2D eigenvalue weighted by molar-refractivity contribution is 5.42. The number of piperidine rings is 1. The van der Waals surface area contributed by atoms with E-state index in [2.05, 4.69) is 22.1 Å². The average molecular weight is 256 g/mol. The van der Waals surface area contributed by atoms with Gasteiger partial charge in [0.2, 0.25) is 5.88 Å². The van der Waals surface area contributed by atoms with Gasteiger partial charge in [-0.05, 0) is 44.4 Å². The summed E-state index contributed by atoms with van der Waals surface area (Å²) in [6.07, 6.45) is 6.75. The summed E-state index contributed by atoms with van der Waals surface area (Å²) in [5.74, 6) is 8.38. The number of hydrogen-bond acceptors (Lipinski definition) is 3. The van der Waals surface area contributed by atoms with Crippen LogP contribution in [0.25, 0.3) is 0 Å². The molecule has 1 atom stereocenters. The van der Waals surface area contributed by atoms with Gasteiger partial charge in [-0.15, -0.1) is 0 Å². The molecule has 1 aromatic heterocycles. The van der Waals surface area contributed by atoms with E-state index in [-0.39, 0.29) is 0 Å². The molecule has 1 aliphatic carbocycles. The molecule has 19 heavy (non-hydrogen) atoms. The second-order valence-electron chi connectivity index (χ2n) is 5.42. The molecule has 1 saturated heterocycles. The summed E-state index contributed by atoms with van der Waals surface area (Å²) >= 11 is 0. The molecule has 3 heteroatoms. The van der Waals surface area contributed by atoms with Gasteiger partial charge in [-0.25, -0.2) is 4.98 Å². The first-order chi connectivity index (χ1) is 9.42. The van der Waals surface area contributed by atoms with Crippen molar-refractivity contribution in [3.63, 3.8) is 0 Å². The van der Waals surface area contributed by atoms with E-state index < -0.39 is 0 Å². The fourth-order valence-electron chi connectivity index (χ4n) is 2.27. The Balaban J connectivity index is 1.61. The maximum absolute atomic E-state index is 5.88. The van der Waals surface area contributed by atoms with E-state index in [1.165, 1.54) is 25.7 Å². The van der Waals surface area contributed by atoms with Crippen molar-refractivity contribution < 1.29 is 4.74 Å². The molecule has 100 valence electrons. The van der Waals surface area contributed by atoms with Gasteiger partial charge < -0.3 is 10.1 Å². The lowest BCUT2D eigenvalue weighted by molar-refractivity contribution is 0.211. The minimum Gasteiger partial charge on any atom is -0.476 e.